The van der Waals surface area contributed by atoms with E-state index in [1.54, 1.807) is 36.8 Å². The molecule has 0 atom stereocenters. The van der Waals surface area contributed by atoms with Crippen molar-refractivity contribution in [3.63, 3.8) is 0 Å². The number of rotatable bonds is 4. The molecule has 3 aromatic heterocycles. The van der Waals surface area contributed by atoms with Crippen LogP contribution in [0.2, 0.25) is 0 Å². The first-order chi connectivity index (χ1) is 14.8. The highest BCUT2D eigenvalue weighted by Gasteiger charge is 2.13. The van der Waals surface area contributed by atoms with Crippen molar-refractivity contribution in [2.75, 3.05) is 36.4 Å². The van der Waals surface area contributed by atoms with Crippen molar-refractivity contribution in [3.05, 3.63) is 66.9 Å². The molecule has 0 spiro atoms. The summed E-state index contributed by atoms with van der Waals surface area (Å²) in [5.41, 5.74) is 2.27. The maximum atomic E-state index is 14.3. The predicted octanol–water partition coefficient (Wildman–Crippen LogP) is 3.38. The lowest BCUT2D eigenvalue weighted by molar-refractivity contribution is 0.585. The van der Waals surface area contributed by atoms with Gasteiger partial charge in [-0.25, -0.2) is 19.3 Å². The molecule has 0 bridgehead atoms. The maximum Gasteiger partial charge on any atom is 0.227 e. The second-order valence-electron chi connectivity index (χ2n) is 7.04. The summed E-state index contributed by atoms with van der Waals surface area (Å²) in [5, 5.41) is 7.31. The number of halogens is 1. The van der Waals surface area contributed by atoms with Crippen LogP contribution in [-0.4, -0.2) is 46.1 Å². The Kier molecular flexibility index (Phi) is 4.90. The number of benzene rings is 1. The molecule has 0 aliphatic carbocycles. The van der Waals surface area contributed by atoms with E-state index in [0.29, 0.717) is 22.7 Å². The van der Waals surface area contributed by atoms with E-state index in [1.807, 2.05) is 18.2 Å². The molecule has 1 saturated heterocycles. The Balaban J connectivity index is 1.44. The van der Waals surface area contributed by atoms with Crippen molar-refractivity contribution in [1.82, 2.24) is 25.3 Å². The van der Waals surface area contributed by atoms with Crippen molar-refractivity contribution in [2.45, 2.75) is 0 Å². The molecule has 5 rings (SSSR count). The molecular weight excluding hydrogens is 381 g/mol. The molecule has 8 heteroatoms. The van der Waals surface area contributed by atoms with Gasteiger partial charge in [-0.15, -0.1) is 0 Å². The largest absolute Gasteiger partial charge is 0.354 e. The minimum Gasteiger partial charge on any atom is -0.354 e. The van der Waals surface area contributed by atoms with Crippen LogP contribution in [0.4, 0.5) is 21.8 Å². The van der Waals surface area contributed by atoms with Crippen LogP contribution in [0.3, 0.4) is 0 Å². The SMILES string of the molecule is Fc1ccccc1-c1nccc2cnc(Nc3ccc(N4CCNCC4)nc3)nc12. The van der Waals surface area contributed by atoms with Crippen molar-refractivity contribution in [2.24, 2.45) is 0 Å². The number of nitrogens with zero attached hydrogens (tertiary/aromatic N) is 5. The van der Waals surface area contributed by atoms with Gasteiger partial charge in [-0.3, -0.25) is 4.98 Å². The monoisotopic (exact) mass is 401 g/mol. The molecule has 30 heavy (non-hydrogen) atoms. The lowest BCUT2D eigenvalue weighted by Gasteiger charge is -2.28. The highest BCUT2D eigenvalue weighted by atomic mass is 19.1. The molecule has 4 aromatic rings. The number of hydrogen-bond acceptors (Lipinski definition) is 7. The van der Waals surface area contributed by atoms with Crippen LogP contribution in [0, 0.1) is 5.82 Å². The summed E-state index contributed by atoms with van der Waals surface area (Å²) in [5.74, 6) is 1.02. The van der Waals surface area contributed by atoms with E-state index in [1.165, 1.54) is 6.07 Å². The van der Waals surface area contributed by atoms with E-state index in [2.05, 4.69) is 35.5 Å². The van der Waals surface area contributed by atoms with Gasteiger partial charge in [-0.05, 0) is 30.3 Å². The molecule has 0 saturated carbocycles. The molecule has 4 heterocycles. The molecule has 150 valence electrons. The van der Waals surface area contributed by atoms with Crippen LogP contribution >= 0.6 is 0 Å². The standard InChI is InChI=1S/C22H20FN7/c23-18-4-2-1-3-17(18)21-20-15(7-8-25-21)13-27-22(29-20)28-16-5-6-19(26-14-16)30-11-9-24-10-12-30/h1-8,13-14,24H,9-12H2,(H,27,28,29). The molecule has 0 unspecified atom stereocenters. The lowest BCUT2D eigenvalue weighted by Crippen LogP contribution is -2.43. The third-order valence-electron chi connectivity index (χ3n) is 5.07. The number of anilines is 3. The Hall–Kier alpha value is -3.65. The second-order valence-corrected chi connectivity index (χ2v) is 7.04. The summed E-state index contributed by atoms with van der Waals surface area (Å²) in [6, 6.07) is 12.3. The molecule has 1 aromatic carbocycles. The van der Waals surface area contributed by atoms with Crippen molar-refractivity contribution in [1.29, 1.82) is 0 Å². The third-order valence-corrected chi connectivity index (χ3v) is 5.07. The molecule has 2 N–H and O–H groups in total. The number of hydrogen-bond donors (Lipinski definition) is 2. The molecule has 0 amide bonds. The van der Waals surface area contributed by atoms with E-state index in [0.717, 1.165) is 43.1 Å². The lowest BCUT2D eigenvalue weighted by atomic mass is 10.1. The fraction of sp³-hybridized carbons (Fsp3) is 0.182. The topological polar surface area (TPSA) is 78.9 Å². The maximum absolute atomic E-state index is 14.3. The average Bonchev–Trinajstić information content (AvgIpc) is 2.80. The molecule has 0 radical (unpaired) electrons. The van der Waals surface area contributed by atoms with Crippen molar-refractivity contribution in [3.8, 4) is 11.3 Å². The second kappa shape index (κ2) is 8.00. The highest BCUT2D eigenvalue weighted by molar-refractivity contribution is 5.91. The third kappa shape index (κ3) is 3.65. The summed E-state index contributed by atoms with van der Waals surface area (Å²) >= 11 is 0. The summed E-state index contributed by atoms with van der Waals surface area (Å²) in [6.07, 6.45) is 5.12. The van der Waals surface area contributed by atoms with Crippen molar-refractivity contribution < 1.29 is 4.39 Å². The Morgan fingerprint density at radius 1 is 0.933 bits per heavy atom. The minimum atomic E-state index is -0.335. The van der Waals surface area contributed by atoms with Gasteiger partial charge in [0.25, 0.3) is 0 Å². The summed E-state index contributed by atoms with van der Waals surface area (Å²) in [7, 11) is 0. The van der Waals surface area contributed by atoms with E-state index < -0.39 is 0 Å². The number of aromatic nitrogens is 4. The molecular formula is C22H20FN7. The first kappa shape index (κ1) is 18.4. The molecule has 1 fully saturated rings. The van der Waals surface area contributed by atoms with Crippen LogP contribution in [-0.2, 0) is 0 Å². The number of pyridine rings is 2. The van der Waals surface area contributed by atoms with Gasteiger partial charge in [-0.1, -0.05) is 12.1 Å². The Bertz CT molecular complexity index is 1170. The number of fused-ring (bicyclic) bond motifs is 1. The molecule has 7 nitrogen and oxygen atoms in total. The van der Waals surface area contributed by atoms with Crippen LogP contribution in [0.15, 0.2) is 61.1 Å². The average molecular weight is 401 g/mol. The molecule has 1 aliphatic rings. The van der Waals surface area contributed by atoms with Crippen LogP contribution < -0.4 is 15.5 Å². The van der Waals surface area contributed by atoms with Gasteiger partial charge in [0.2, 0.25) is 5.95 Å². The van der Waals surface area contributed by atoms with Gasteiger partial charge < -0.3 is 15.5 Å². The smallest absolute Gasteiger partial charge is 0.227 e. The summed E-state index contributed by atoms with van der Waals surface area (Å²) in [6.45, 7) is 3.81. The van der Waals surface area contributed by atoms with E-state index in [-0.39, 0.29) is 5.82 Å². The predicted molar refractivity (Wildman–Crippen MR) is 115 cm³/mol. The zero-order valence-corrected chi connectivity index (χ0v) is 16.2. The zero-order chi connectivity index (χ0) is 20.3. The summed E-state index contributed by atoms with van der Waals surface area (Å²) in [4.78, 5) is 20.2. The van der Waals surface area contributed by atoms with Gasteiger partial charge in [0.05, 0.1) is 17.6 Å². The first-order valence-electron chi connectivity index (χ1n) is 9.83. The Labute approximate surface area is 173 Å². The number of piperazine rings is 1. The van der Waals surface area contributed by atoms with E-state index >= 15 is 0 Å². The van der Waals surface area contributed by atoms with Gasteiger partial charge in [0.15, 0.2) is 0 Å². The Morgan fingerprint density at radius 2 is 1.80 bits per heavy atom. The highest BCUT2D eigenvalue weighted by Crippen LogP contribution is 2.28. The zero-order valence-electron chi connectivity index (χ0n) is 16.2. The van der Waals surface area contributed by atoms with Gasteiger partial charge in [0.1, 0.15) is 17.2 Å². The minimum absolute atomic E-state index is 0.335. The fourth-order valence-electron chi connectivity index (χ4n) is 3.54. The van der Waals surface area contributed by atoms with Crippen LogP contribution in [0.1, 0.15) is 0 Å². The van der Waals surface area contributed by atoms with Crippen LogP contribution in [0.5, 0.6) is 0 Å². The van der Waals surface area contributed by atoms with Crippen molar-refractivity contribution >= 4 is 28.4 Å². The Morgan fingerprint density at radius 3 is 2.60 bits per heavy atom. The summed E-state index contributed by atoms with van der Waals surface area (Å²) < 4.78 is 14.3. The molecule has 1 aliphatic heterocycles. The van der Waals surface area contributed by atoms with Gasteiger partial charge in [-0.2, -0.15) is 0 Å². The normalized spacial score (nSPS) is 14.1. The first-order valence-corrected chi connectivity index (χ1v) is 9.83. The quantitative estimate of drug-likeness (QED) is 0.543. The van der Waals surface area contributed by atoms with Gasteiger partial charge in [0, 0.05) is 49.5 Å². The van der Waals surface area contributed by atoms with Crippen LogP contribution in [0.25, 0.3) is 22.2 Å². The van der Waals surface area contributed by atoms with E-state index in [9.17, 15) is 4.39 Å². The fourth-order valence-corrected chi connectivity index (χ4v) is 3.54. The van der Waals surface area contributed by atoms with E-state index in [4.69, 9.17) is 0 Å². The van der Waals surface area contributed by atoms with Gasteiger partial charge >= 0.3 is 0 Å². The number of nitrogens with one attached hydrogen (secondary N) is 2.